The summed E-state index contributed by atoms with van der Waals surface area (Å²) in [5.41, 5.74) is 0. The fourth-order valence-electron chi connectivity index (χ4n) is 2.65. The predicted molar refractivity (Wildman–Crippen MR) is 67.0 cm³/mol. The summed E-state index contributed by atoms with van der Waals surface area (Å²) < 4.78 is 4.72. The molecule has 0 N–H and O–H groups in total. The molecular formula is C13H22N2O3. The van der Waals surface area contributed by atoms with Gasteiger partial charge in [0, 0.05) is 19.1 Å². The van der Waals surface area contributed by atoms with Gasteiger partial charge in [-0.2, -0.15) is 0 Å². The van der Waals surface area contributed by atoms with Gasteiger partial charge in [0.2, 0.25) is 5.91 Å². The highest BCUT2D eigenvalue weighted by Crippen LogP contribution is 2.23. The Morgan fingerprint density at radius 3 is 2.33 bits per heavy atom. The molecule has 0 spiro atoms. The minimum absolute atomic E-state index is 0.150. The first-order valence-electron chi connectivity index (χ1n) is 6.79. The van der Waals surface area contributed by atoms with E-state index in [0.29, 0.717) is 12.6 Å². The molecule has 1 aliphatic heterocycles. The molecular weight excluding hydrogens is 232 g/mol. The zero-order chi connectivity index (χ0) is 13.0. The second kappa shape index (κ2) is 6.18. The van der Waals surface area contributed by atoms with Gasteiger partial charge in [-0.25, -0.2) is 0 Å². The number of amides is 1. The van der Waals surface area contributed by atoms with Crippen LogP contribution in [0.5, 0.6) is 0 Å². The standard InChI is InChI=1S/C13H22N2O3/c1-18-13(17)10-15(11-5-2-3-6-11)9-12(16)14-7-4-8-14/h11H,2-10H2,1H3. The van der Waals surface area contributed by atoms with Crippen molar-refractivity contribution < 1.29 is 14.3 Å². The highest BCUT2D eigenvalue weighted by Gasteiger charge is 2.29. The molecule has 0 aromatic heterocycles. The maximum absolute atomic E-state index is 12.0. The first kappa shape index (κ1) is 13.3. The van der Waals surface area contributed by atoms with E-state index in [9.17, 15) is 9.59 Å². The third-order valence-corrected chi connectivity index (χ3v) is 3.95. The van der Waals surface area contributed by atoms with Crippen LogP contribution in [0.25, 0.3) is 0 Å². The molecule has 0 aromatic rings. The van der Waals surface area contributed by atoms with Crippen LogP contribution in [0.15, 0.2) is 0 Å². The van der Waals surface area contributed by atoms with Gasteiger partial charge in [0.1, 0.15) is 0 Å². The van der Waals surface area contributed by atoms with E-state index in [1.807, 2.05) is 9.80 Å². The van der Waals surface area contributed by atoms with Gasteiger partial charge in [-0.15, -0.1) is 0 Å². The first-order chi connectivity index (χ1) is 8.70. The number of rotatable bonds is 5. The lowest BCUT2D eigenvalue weighted by molar-refractivity contribution is -0.144. The van der Waals surface area contributed by atoms with Crippen LogP contribution in [0, 0.1) is 0 Å². The minimum Gasteiger partial charge on any atom is -0.468 e. The molecule has 102 valence electrons. The van der Waals surface area contributed by atoms with E-state index >= 15 is 0 Å². The molecule has 2 rings (SSSR count). The molecule has 2 fully saturated rings. The van der Waals surface area contributed by atoms with E-state index in [-0.39, 0.29) is 18.4 Å². The Balaban J connectivity index is 1.89. The number of ether oxygens (including phenoxy) is 1. The second-order valence-corrected chi connectivity index (χ2v) is 5.15. The number of nitrogens with zero attached hydrogens (tertiary/aromatic N) is 2. The number of hydrogen-bond donors (Lipinski definition) is 0. The van der Waals surface area contributed by atoms with E-state index in [2.05, 4.69) is 0 Å². The zero-order valence-electron chi connectivity index (χ0n) is 11.1. The Kier molecular flexibility index (Phi) is 4.58. The Morgan fingerprint density at radius 2 is 1.83 bits per heavy atom. The largest absolute Gasteiger partial charge is 0.468 e. The molecule has 0 bridgehead atoms. The lowest BCUT2D eigenvalue weighted by Gasteiger charge is -2.34. The van der Waals surface area contributed by atoms with Crippen LogP contribution in [-0.2, 0) is 14.3 Å². The molecule has 18 heavy (non-hydrogen) atoms. The molecule has 1 heterocycles. The molecule has 1 aliphatic carbocycles. The van der Waals surface area contributed by atoms with Crippen LogP contribution in [-0.4, -0.2) is 61.0 Å². The van der Waals surface area contributed by atoms with Crippen LogP contribution < -0.4 is 0 Å². The Bertz CT molecular complexity index is 309. The van der Waals surface area contributed by atoms with E-state index in [1.54, 1.807) is 0 Å². The van der Waals surface area contributed by atoms with Crippen molar-refractivity contribution in [2.75, 3.05) is 33.3 Å². The van der Waals surface area contributed by atoms with Gasteiger partial charge in [0.15, 0.2) is 0 Å². The minimum atomic E-state index is -0.252. The fourth-order valence-corrected chi connectivity index (χ4v) is 2.65. The van der Waals surface area contributed by atoms with Crippen molar-refractivity contribution in [2.45, 2.75) is 38.1 Å². The summed E-state index contributed by atoms with van der Waals surface area (Å²) in [5, 5.41) is 0. The van der Waals surface area contributed by atoms with Gasteiger partial charge in [-0.05, 0) is 19.3 Å². The van der Waals surface area contributed by atoms with E-state index in [4.69, 9.17) is 4.74 Å². The van der Waals surface area contributed by atoms with Crippen LogP contribution in [0.4, 0.5) is 0 Å². The quantitative estimate of drug-likeness (QED) is 0.675. The Labute approximate surface area is 108 Å². The second-order valence-electron chi connectivity index (χ2n) is 5.15. The van der Waals surface area contributed by atoms with Gasteiger partial charge >= 0.3 is 5.97 Å². The van der Waals surface area contributed by atoms with Crippen molar-refractivity contribution in [1.82, 2.24) is 9.80 Å². The van der Waals surface area contributed by atoms with Crippen LogP contribution in [0.3, 0.4) is 0 Å². The molecule has 5 heteroatoms. The van der Waals surface area contributed by atoms with Crippen molar-refractivity contribution in [3.63, 3.8) is 0 Å². The lowest BCUT2D eigenvalue weighted by atomic mass is 10.2. The van der Waals surface area contributed by atoms with E-state index in [0.717, 1.165) is 32.4 Å². The van der Waals surface area contributed by atoms with Gasteiger partial charge in [-0.3, -0.25) is 14.5 Å². The number of hydrogen-bond acceptors (Lipinski definition) is 4. The monoisotopic (exact) mass is 254 g/mol. The maximum atomic E-state index is 12.0. The smallest absolute Gasteiger partial charge is 0.319 e. The highest BCUT2D eigenvalue weighted by molar-refractivity contribution is 5.80. The molecule has 0 atom stereocenters. The van der Waals surface area contributed by atoms with Gasteiger partial charge in [-0.1, -0.05) is 12.8 Å². The molecule has 1 saturated heterocycles. The van der Waals surface area contributed by atoms with Crippen molar-refractivity contribution in [3.8, 4) is 0 Å². The topological polar surface area (TPSA) is 49.9 Å². The average molecular weight is 254 g/mol. The summed E-state index contributed by atoms with van der Waals surface area (Å²) in [7, 11) is 1.40. The predicted octanol–water partition coefficient (Wildman–Crippen LogP) is 0.636. The van der Waals surface area contributed by atoms with Gasteiger partial charge in [0.05, 0.1) is 20.2 Å². The van der Waals surface area contributed by atoms with Gasteiger partial charge < -0.3 is 9.64 Å². The van der Waals surface area contributed by atoms with Crippen LogP contribution >= 0.6 is 0 Å². The summed E-state index contributed by atoms with van der Waals surface area (Å²) >= 11 is 0. The van der Waals surface area contributed by atoms with E-state index < -0.39 is 0 Å². The number of esters is 1. The lowest BCUT2D eigenvalue weighted by Crippen LogP contribution is -2.50. The Hall–Kier alpha value is -1.10. The fraction of sp³-hybridized carbons (Fsp3) is 0.846. The molecule has 1 amide bonds. The summed E-state index contributed by atoms with van der Waals surface area (Å²) in [6.45, 7) is 2.34. The zero-order valence-corrected chi connectivity index (χ0v) is 11.1. The first-order valence-corrected chi connectivity index (χ1v) is 6.79. The van der Waals surface area contributed by atoms with E-state index in [1.165, 1.54) is 20.0 Å². The van der Waals surface area contributed by atoms with Crippen LogP contribution in [0.1, 0.15) is 32.1 Å². The van der Waals surface area contributed by atoms with Crippen LogP contribution in [0.2, 0.25) is 0 Å². The molecule has 1 saturated carbocycles. The van der Waals surface area contributed by atoms with Crippen molar-refractivity contribution >= 4 is 11.9 Å². The normalized spacial score (nSPS) is 20.0. The highest BCUT2D eigenvalue weighted by atomic mass is 16.5. The molecule has 0 aromatic carbocycles. The summed E-state index contributed by atoms with van der Waals surface area (Å²) in [6.07, 6.45) is 5.67. The number of carbonyl (C=O) groups is 2. The van der Waals surface area contributed by atoms with Crippen molar-refractivity contribution in [1.29, 1.82) is 0 Å². The Morgan fingerprint density at radius 1 is 1.17 bits per heavy atom. The summed E-state index contributed by atoms with van der Waals surface area (Å²) in [4.78, 5) is 27.3. The summed E-state index contributed by atoms with van der Waals surface area (Å²) in [5.74, 6) is -0.102. The maximum Gasteiger partial charge on any atom is 0.319 e. The number of methoxy groups -OCH3 is 1. The third kappa shape index (κ3) is 3.22. The molecule has 0 unspecified atom stereocenters. The van der Waals surface area contributed by atoms with Crippen molar-refractivity contribution in [2.24, 2.45) is 0 Å². The number of carbonyl (C=O) groups excluding carboxylic acids is 2. The molecule has 5 nitrogen and oxygen atoms in total. The van der Waals surface area contributed by atoms with Crippen molar-refractivity contribution in [3.05, 3.63) is 0 Å². The molecule has 0 radical (unpaired) electrons. The SMILES string of the molecule is COC(=O)CN(CC(=O)N1CCC1)C1CCCC1. The average Bonchev–Trinajstić information content (AvgIpc) is 2.78. The summed E-state index contributed by atoms with van der Waals surface area (Å²) in [6, 6.07) is 0.370. The van der Waals surface area contributed by atoms with Gasteiger partial charge in [0.25, 0.3) is 0 Å². The number of likely N-dealkylation sites (tertiary alicyclic amines) is 1. The molecule has 2 aliphatic rings. The third-order valence-electron chi connectivity index (χ3n) is 3.95.